The summed E-state index contributed by atoms with van der Waals surface area (Å²) in [5.41, 5.74) is 10.5. The van der Waals surface area contributed by atoms with E-state index in [4.69, 9.17) is 11.5 Å². The molecule has 0 aliphatic rings. The SMILES string of the molecule is C=C(C)C(=O)NC(C)(C)c1nc(N)nc(N)n1. The Labute approximate surface area is 99.3 Å². The fraction of sp³-hybridized carbons (Fsp3) is 0.400. The van der Waals surface area contributed by atoms with E-state index in [0.717, 1.165) is 0 Å². The minimum absolute atomic E-state index is 0.0187. The number of anilines is 2. The van der Waals surface area contributed by atoms with Gasteiger partial charge in [0.05, 0.1) is 5.54 Å². The molecular weight excluding hydrogens is 220 g/mol. The first-order chi connectivity index (χ1) is 7.72. The van der Waals surface area contributed by atoms with Crippen molar-refractivity contribution in [3.8, 4) is 0 Å². The van der Waals surface area contributed by atoms with Crippen molar-refractivity contribution < 1.29 is 4.79 Å². The van der Waals surface area contributed by atoms with Crippen LogP contribution < -0.4 is 16.8 Å². The van der Waals surface area contributed by atoms with Crippen molar-refractivity contribution in [2.45, 2.75) is 26.3 Å². The normalized spacial score (nSPS) is 11.0. The average Bonchev–Trinajstić information content (AvgIpc) is 2.15. The van der Waals surface area contributed by atoms with Gasteiger partial charge in [-0.2, -0.15) is 15.0 Å². The van der Waals surface area contributed by atoms with Gasteiger partial charge in [0.2, 0.25) is 17.8 Å². The lowest BCUT2D eigenvalue weighted by molar-refractivity contribution is -0.119. The van der Waals surface area contributed by atoms with Crippen LogP contribution in [0.5, 0.6) is 0 Å². The van der Waals surface area contributed by atoms with Crippen LogP contribution in [-0.4, -0.2) is 20.9 Å². The summed E-state index contributed by atoms with van der Waals surface area (Å²) in [6, 6.07) is 0. The Kier molecular flexibility index (Phi) is 3.31. The lowest BCUT2D eigenvalue weighted by Gasteiger charge is -2.24. The van der Waals surface area contributed by atoms with Crippen LogP contribution in [0, 0.1) is 0 Å². The molecule has 5 N–H and O–H groups in total. The van der Waals surface area contributed by atoms with Gasteiger partial charge in [0.25, 0.3) is 0 Å². The van der Waals surface area contributed by atoms with E-state index >= 15 is 0 Å². The number of carbonyl (C=O) groups is 1. The fourth-order valence-electron chi connectivity index (χ4n) is 1.14. The number of hydrogen-bond donors (Lipinski definition) is 3. The fourth-order valence-corrected chi connectivity index (χ4v) is 1.14. The quantitative estimate of drug-likeness (QED) is 0.633. The molecule has 7 nitrogen and oxygen atoms in total. The molecule has 0 aliphatic carbocycles. The molecular formula is C10H16N6O. The highest BCUT2D eigenvalue weighted by atomic mass is 16.1. The zero-order valence-electron chi connectivity index (χ0n) is 10.1. The maximum absolute atomic E-state index is 11.6. The van der Waals surface area contributed by atoms with Crippen LogP contribution in [-0.2, 0) is 10.3 Å². The summed E-state index contributed by atoms with van der Waals surface area (Å²) in [4.78, 5) is 23.1. The van der Waals surface area contributed by atoms with Crippen LogP contribution in [0.25, 0.3) is 0 Å². The maximum Gasteiger partial charge on any atom is 0.247 e. The molecule has 17 heavy (non-hydrogen) atoms. The van der Waals surface area contributed by atoms with Crippen molar-refractivity contribution in [2.75, 3.05) is 11.5 Å². The van der Waals surface area contributed by atoms with Crippen molar-refractivity contribution in [1.82, 2.24) is 20.3 Å². The summed E-state index contributed by atoms with van der Waals surface area (Å²) in [6.45, 7) is 8.64. The van der Waals surface area contributed by atoms with Gasteiger partial charge < -0.3 is 16.8 Å². The van der Waals surface area contributed by atoms with Crippen molar-refractivity contribution in [3.05, 3.63) is 18.0 Å². The summed E-state index contributed by atoms with van der Waals surface area (Å²) >= 11 is 0. The molecule has 1 rings (SSSR count). The molecule has 92 valence electrons. The van der Waals surface area contributed by atoms with Crippen LogP contribution in [0.15, 0.2) is 12.2 Å². The number of aromatic nitrogens is 3. The van der Waals surface area contributed by atoms with Gasteiger partial charge in [-0.05, 0) is 20.8 Å². The molecule has 0 aromatic carbocycles. The van der Waals surface area contributed by atoms with Crippen LogP contribution in [0.3, 0.4) is 0 Å². The minimum Gasteiger partial charge on any atom is -0.368 e. The van der Waals surface area contributed by atoms with E-state index in [9.17, 15) is 4.79 Å². The Hall–Kier alpha value is -2.18. The van der Waals surface area contributed by atoms with Crippen LogP contribution in [0.1, 0.15) is 26.6 Å². The van der Waals surface area contributed by atoms with Crippen molar-refractivity contribution in [3.63, 3.8) is 0 Å². The molecule has 0 aliphatic heterocycles. The number of nitrogens with zero attached hydrogens (tertiary/aromatic N) is 3. The monoisotopic (exact) mass is 236 g/mol. The number of nitrogens with two attached hydrogens (primary N) is 2. The van der Waals surface area contributed by atoms with Gasteiger partial charge in [-0.3, -0.25) is 4.79 Å². The molecule has 0 saturated heterocycles. The zero-order valence-corrected chi connectivity index (χ0v) is 10.1. The summed E-state index contributed by atoms with van der Waals surface area (Å²) in [7, 11) is 0. The Bertz CT molecular complexity index is 448. The van der Waals surface area contributed by atoms with Crippen molar-refractivity contribution in [1.29, 1.82) is 0 Å². The lowest BCUT2D eigenvalue weighted by Crippen LogP contribution is -2.42. The molecule has 1 aromatic rings. The van der Waals surface area contributed by atoms with Crippen molar-refractivity contribution in [2.24, 2.45) is 0 Å². The molecule has 0 unspecified atom stereocenters. The molecule has 7 heteroatoms. The van der Waals surface area contributed by atoms with Crippen LogP contribution in [0.2, 0.25) is 0 Å². The van der Waals surface area contributed by atoms with E-state index in [1.165, 1.54) is 0 Å². The molecule has 0 spiro atoms. The Morgan fingerprint density at radius 2 is 1.71 bits per heavy atom. The van der Waals surface area contributed by atoms with E-state index in [1.807, 2.05) is 0 Å². The lowest BCUT2D eigenvalue weighted by atomic mass is 10.0. The molecule has 1 amide bonds. The first-order valence-electron chi connectivity index (χ1n) is 4.98. The van der Waals surface area contributed by atoms with E-state index < -0.39 is 5.54 Å². The third-order valence-corrected chi connectivity index (χ3v) is 2.04. The Morgan fingerprint density at radius 1 is 1.24 bits per heavy atom. The largest absolute Gasteiger partial charge is 0.368 e. The first-order valence-corrected chi connectivity index (χ1v) is 4.98. The number of nitrogens with one attached hydrogen (secondary N) is 1. The summed E-state index contributed by atoms with van der Waals surface area (Å²) in [5, 5.41) is 2.72. The molecule has 1 aromatic heterocycles. The smallest absolute Gasteiger partial charge is 0.247 e. The molecule has 0 radical (unpaired) electrons. The second-order valence-electron chi connectivity index (χ2n) is 4.23. The van der Waals surface area contributed by atoms with Gasteiger partial charge in [0.15, 0.2) is 5.82 Å². The second-order valence-corrected chi connectivity index (χ2v) is 4.23. The highest BCUT2D eigenvalue weighted by Gasteiger charge is 2.27. The van der Waals surface area contributed by atoms with E-state index in [2.05, 4.69) is 26.8 Å². The van der Waals surface area contributed by atoms with Gasteiger partial charge >= 0.3 is 0 Å². The van der Waals surface area contributed by atoms with Crippen molar-refractivity contribution >= 4 is 17.8 Å². The number of rotatable bonds is 3. The molecule has 0 bridgehead atoms. The number of amides is 1. The molecule has 1 heterocycles. The highest BCUT2D eigenvalue weighted by Crippen LogP contribution is 2.17. The van der Waals surface area contributed by atoms with E-state index in [1.54, 1.807) is 20.8 Å². The van der Waals surface area contributed by atoms with Gasteiger partial charge in [0.1, 0.15) is 0 Å². The molecule has 0 atom stereocenters. The van der Waals surface area contributed by atoms with Crippen LogP contribution >= 0.6 is 0 Å². The average molecular weight is 236 g/mol. The first kappa shape index (κ1) is 12.9. The van der Waals surface area contributed by atoms with Gasteiger partial charge in [-0.1, -0.05) is 6.58 Å². The number of carbonyl (C=O) groups excluding carboxylic acids is 1. The van der Waals surface area contributed by atoms with E-state index in [0.29, 0.717) is 11.4 Å². The highest BCUT2D eigenvalue weighted by molar-refractivity contribution is 5.92. The Morgan fingerprint density at radius 3 is 2.12 bits per heavy atom. The Balaban J connectivity index is 3.04. The standard InChI is InChI=1S/C10H16N6O/c1-5(2)6(17)16-10(3,4)7-13-8(11)15-9(12)14-7/h1H2,2-4H3,(H,16,17)(H4,11,12,13,14,15). The number of hydrogen-bond acceptors (Lipinski definition) is 6. The predicted octanol–water partition coefficient (Wildman–Crippen LogP) is -0.0366. The van der Waals surface area contributed by atoms with Gasteiger partial charge in [-0.15, -0.1) is 0 Å². The summed E-state index contributed by atoms with van der Waals surface area (Å²) in [6.07, 6.45) is 0. The zero-order chi connectivity index (χ0) is 13.2. The minimum atomic E-state index is -0.804. The summed E-state index contributed by atoms with van der Waals surface area (Å²) < 4.78 is 0. The summed E-state index contributed by atoms with van der Waals surface area (Å²) in [5.74, 6) is 0.0555. The van der Waals surface area contributed by atoms with Gasteiger partial charge in [0, 0.05) is 5.57 Å². The third kappa shape index (κ3) is 3.13. The predicted molar refractivity (Wildman–Crippen MR) is 64.6 cm³/mol. The second kappa shape index (κ2) is 4.36. The number of nitrogen functional groups attached to an aromatic ring is 2. The topological polar surface area (TPSA) is 120 Å². The molecule has 0 saturated carbocycles. The van der Waals surface area contributed by atoms with Crippen LogP contribution in [0.4, 0.5) is 11.9 Å². The maximum atomic E-state index is 11.6. The third-order valence-electron chi connectivity index (χ3n) is 2.04. The molecule has 0 fully saturated rings. The van der Waals surface area contributed by atoms with E-state index in [-0.39, 0.29) is 17.8 Å². The van der Waals surface area contributed by atoms with Gasteiger partial charge in [-0.25, -0.2) is 0 Å².